The molecule has 99 valence electrons. The Balaban J connectivity index is 2.26. The third-order valence-corrected chi connectivity index (χ3v) is 3.62. The van der Waals surface area contributed by atoms with Crippen molar-refractivity contribution in [1.82, 2.24) is 9.79 Å². The molecular formula is C13H16BN2O3. The molecule has 0 saturated carbocycles. The van der Waals surface area contributed by atoms with Crippen LogP contribution in [0.1, 0.15) is 18.9 Å². The van der Waals surface area contributed by atoms with Crippen LogP contribution in [0.5, 0.6) is 5.88 Å². The number of ether oxygens (including phenoxy) is 1. The van der Waals surface area contributed by atoms with Gasteiger partial charge in [0.1, 0.15) is 5.78 Å². The van der Waals surface area contributed by atoms with Gasteiger partial charge in [-0.25, -0.2) is 4.98 Å². The predicted molar refractivity (Wildman–Crippen MR) is 71.8 cm³/mol. The molecular weight excluding hydrogens is 243 g/mol. The third-order valence-electron chi connectivity index (χ3n) is 3.62. The fourth-order valence-corrected chi connectivity index (χ4v) is 2.39. The van der Waals surface area contributed by atoms with Crippen LogP contribution in [0.15, 0.2) is 18.3 Å². The normalized spacial score (nSPS) is 24.0. The largest absolute Gasteiger partial charge is 0.481 e. The molecule has 6 heteroatoms. The van der Waals surface area contributed by atoms with E-state index in [0.717, 1.165) is 11.7 Å². The molecule has 2 heterocycles. The van der Waals surface area contributed by atoms with Gasteiger partial charge in [0.15, 0.2) is 0 Å². The molecule has 0 bridgehead atoms. The summed E-state index contributed by atoms with van der Waals surface area (Å²) in [5.74, 6) is 0.696. The van der Waals surface area contributed by atoms with Gasteiger partial charge < -0.3 is 14.3 Å². The van der Waals surface area contributed by atoms with Crippen LogP contribution in [0.25, 0.3) is 0 Å². The molecule has 0 aliphatic carbocycles. The lowest BCUT2D eigenvalue weighted by atomic mass is 9.72. The Morgan fingerprint density at radius 1 is 1.53 bits per heavy atom. The number of methoxy groups -OCH3 is 1. The summed E-state index contributed by atoms with van der Waals surface area (Å²) in [4.78, 5) is 28.8. The first kappa shape index (κ1) is 13.7. The Morgan fingerprint density at radius 3 is 2.89 bits per heavy atom. The first-order chi connectivity index (χ1) is 9.10. The molecule has 1 saturated heterocycles. The number of ketones is 1. The van der Waals surface area contributed by atoms with Gasteiger partial charge in [0.2, 0.25) is 5.88 Å². The Morgan fingerprint density at radius 2 is 2.32 bits per heavy atom. The summed E-state index contributed by atoms with van der Waals surface area (Å²) < 4.78 is 5.02. The molecule has 1 atom stereocenters. The zero-order valence-corrected chi connectivity index (χ0v) is 11.1. The van der Waals surface area contributed by atoms with Crippen LogP contribution < -0.4 is 4.74 Å². The van der Waals surface area contributed by atoms with Crippen molar-refractivity contribution >= 4 is 19.4 Å². The van der Waals surface area contributed by atoms with E-state index < -0.39 is 5.41 Å². The molecule has 1 unspecified atom stereocenters. The van der Waals surface area contributed by atoms with Crippen molar-refractivity contribution in [2.45, 2.75) is 18.8 Å². The third kappa shape index (κ3) is 2.68. The highest BCUT2D eigenvalue weighted by atomic mass is 16.5. The zero-order chi connectivity index (χ0) is 13.9. The van der Waals surface area contributed by atoms with Crippen molar-refractivity contribution in [2.24, 2.45) is 0 Å². The number of aromatic nitrogens is 1. The zero-order valence-electron chi connectivity index (χ0n) is 11.1. The van der Waals surface area contributed by atoms with E-state index in [-0.39, 0.29) is 5.78 Å². The number of pyridine rings is 1. The minimum Gasteiger partial charge on any atom is -0.481 e. The topological polar surface area (TPSA) is 59.5 Å². The molecule has 0 spiro atoms. The van der Waals surface area contributed by atoms with Gasteiger partial charge in [0, 0.05) is 25.2 Å². The first-order valence-corrected chi connectivity index (χ1v) is 6.16. The lowest BCUT2D eigenvalue weighted by molar-refractivity contribution is -0.126. The number of carbonyl (C=O) groups is 2. The Hall–Kier alpha value is -1.69. The summed E-state index contributed by atoms with van der Waals surface area (Å²) in [7, 11) is 3.04. The number of rotatable bonds is 4. The fraction of sp³-hybridized carbons (Fsp3) is 0.462. The molecule has 1 aliphatic rings. The van der Waals surface area contributed by atoms with Crippen molar-refractivity contribution in [2.75, 3.05) is 20.2 Å². The van der Waals surface area contributed by atoms with Gasteiger partial charge in [0.05, 0.1) is 18.7 Å². The molecule has 0 N–H and O–H groups in total. The van der Waals surface area contributed by atoms with Crippen molar-refractivity contribution in [1.29, 1.82) is 0 Å². The minimum absolute atomic E-state index is 0.176. The van der Waals surface area contributed by atoms with Crippen LogP contribution >= 0.6 is 0 Å². The van der Waals surface area contributed by atoms with E-state index in [1.54, 1.807) is 19.4 Å². The number of nitrogens with zero attached hydrogens (tertiary/aromatic N) is 2. The highest BCUT2D eigenvalue weighted by molar-refractivity contribution is 6.64. The number of hydrogen-bond donors (Lipinski definition) is 0. The smallest absolute Gasteiger partial charge is 0.293 e. The molecule has 1 aliphatic heterocycles. The number of hydrogen-bond acceptors (Lipinski definition) is 5. The van der Waals surface area contributed by atoms with Crippen LogP contribution in [0, 0.1) is 0 Å². The maximum Gasteiger partial charge on any atom is 0.293 e. The Kier molecular flexibility index (Phi) is 4.00. The van der Waals surface area contributed by atoms with Gasteiger partial charge in [-0.1, -0.05) is 6.07 Å². The summed E-state index contributed by atoms with van der Waals surface area (Å²) in [6.45, 7) is 2.99. The summed E-state index contributed by atoms with van der Waals surface area (Å²) in [6.07, 6.45) is 2.86. The van der Waals surface area contributed by atoms with Crippen molar-refractivity contribution < 1.29 is 14.3 Å². The minimum atomic E-state index is -0.628. The van der Waals surface area contributed by atoms with Gasteiger partial charge in [-0.2, -0.15) is 0 Å². The van der Waals surface area contributed by atoms with Gasteiger partial charge in [0.25, 0.3) is 7.41 Å². The van der Waals surface area contributed by atoms with Crippen molar-refractivity contribution in [3.8, 4) is 5.88 Å². The molecule has 1 aromatic heterocycles. The maximum absolute atomic E-state index is 12.2. The molecule has 0 amide bonds. The summed E-state index contributed by atoms with van der Waals surface area (Å²) in [5, 5.41) is 0. The second-order valence-electron chi connectivity index (χ2n) is 4.85. The highest BCUT2D eigenvalue weighted by Crippen LogP contribution is 2.30. The van der Waals surface area contributed by atoms with E-state index in [1.807, 2.05) is 17.8 Å². The maximum atomic E-state index is 12.2. The van der Waals surface area contributed by atoms with Crippen molar-refractivity contribution in [3.63, 3.8) is 0 Å². The van der Waals surface area contributed by atoms with Crippen LogP contribution in [0.2, 0.25) is 0 Å². The van der Waals surface area contributed by atoms with E-state index in [1.165, 1.54) is 7.41 Å². The molecule has 5 nitrogen and oxygen atoms in total. The molecule has 1 aromatic rings. The lowest BCUT2D eigenvalue weighted by Crippen LogP contribution is -2.52. The highest BCUT2D eigenvalue weighted by Gasteiger charge is 2.40. The van der Waals surface area contributed by atoms with E-state index in [9.17, 15) is 9.59 Å². The molecule has 1 fully saturated rings. The second kappa shape index (κ2) is 5.53. The number of piperidine rings is 1. The van der Waals surface area contributed by atoms with Gasteiger partial charge in [-0.3, -0.25) is 4.79 Å². The van der Waals surface area contributed by atoms with E-state index in [2.05, 4.69) is 4.98 Å². The number of carbonyl (C=O) groups excluding carboxylic acids is 2. The Bertz CT molecular complexity index is 477. The number of Topliss-reactive ketones (excluding diaryl/α,β-unsaturated/α-hetero) is 1. The summed E-state index contributed by atoms with van der Waals surface area (Å²) in [6, 6.07) is 3.60. The van der Waals surface area contributed by atoms with Gasteiger partial charge in [-0.15, -0.1) is 0 Å². The average molecular weight is 259 g/mol. The summed E-state index contributed by atoms with van der Waals surface area (Å²) in [5.41, 5.74) is 0.221. The second-order valence-corrected chi connectivity index (χ2v) is 4.85. The first-order valence-electron chi connectivity index (χ1n) is 6.16. The standard InChI is InChI=1S/C13H16BN2O3/c1-13(10-3-4-12(19-2)15-7-10)8-16(14-9-17)6-5-11(13)18/h3-4,7,9H,5-6,8H2,1-2H3. The summed E-state index contributed by atoms with van der Waals surface area (Å²) >= 11 is 0. The fourth-order valence-electron chi connectivity index (χ4n) is 2.39. The molecule has 1 radical (unpaired) electrons. The lowest BCUT2D eigenvalue weighted by Gasteiger charge is -2.38. The van der Waals surface area contributed by atoms with E-state index >= 15 is 0 Å². The van der Waals surface area contributed by atoms with Gasteiger partial charge in [-0.05, 0) is 19.0 Å². The van der Waals surface area contributed by atoms with Crippen LogP contribution in [0.4, 0.5) is 0 Å². The van der Waals surface area contributed by atoms with Crippen LogP contribution in [-0.2, 0) is 15.0 Å². The average Bonchev–Trinajstić information content (AvgIpc) is 2.43. The molecule has 0 aromatic carbocycles. The predicted octanol–water partition coefficient (Wildman–Crippen LogP) is 0.432. The quantitative estimate of drug-likeness (QED) is 0.579. The Labute approximate surface area is 113 Å². The van der Waals surface area contributed by atoms with E-state index in [4.69, 9.17) is 4.74 Å². The van der Waals surface area contributed by atoms with Gasteiger partial charge >= 0.3 is 0 Å². The SMILES string of the molecule is COc1ccc(C2(C)CN([B]C=O)CCC2=O)cn1. The molecule has 2 rings (SSSR count). The monoisotopic (exact) mass is 259 g/mol. The van der Waals surface area contributed by atoms with Crippen LogP contribution in [0.3, 0.4) is 0 Å². The van der Waals surface area contributed by atoms with Crippen molar-refractivity contribution in [3.05, 3.63) is 23.9 Å². The van der Waals surface area contributed by atoms with E-state index in [0.29, 0.717) is 25.4 Å². The molecule has 19 heavy (non-hydrogen) atoms. The van der Waals surface area contributed by atoms with Crippen LogP contribution in [-0.4, -0.2) is 49.4 Å².